The van der Waals surface area contributed by atoms with Crippen molar-refractivity contribution >= 4 is 23.1 Å². The molecule has 2 aromatic carbocycles. The Hall–Kier alpha value is -3.65. The van der Waals surface area contributed by atoms with Gasteiger partial charge in [0.2, 0.25) is 5.91 Å². The molecular weight excluding hydrogens is 312 g/mol. The molecule has 25 heavy (non-hydrogen) atoms. The number of carbonyl (C=O) groups excluding carboxylic acids is 1. The first kappa shape index (κ1) is 16.2. The number of nitriles is 1. The van der Waals surface area contributed by atoms with Crippen LogP contribution in [0.5, 0.6) is 0 Å². The van der Waals surface area contributed by atoms with Gasteiger partial charge in [0.1, 0.15) is 11.9 Å². The van der Waals surface area contributed by atoms with Crippen LogP contribution < -0.4 is 10.6 Å². The standard InChI is InChI=1S/C20H16N4O/c1-14(25)23-18-7-9-19(10-8-18)24-20-16(12-21)11-17(13-22-20)15-5-3-2-4-6-15/h2-11,13H,1H3,(H,22,24)(H,23,25). The number of carbonyl (C=O) groups is 1. The molecule has 0 bridgehead atoms. The maximum atomic E-state index is 11.0. The van der Waals surface area contributed by atoms with Crippen LogP contribution >= 0.6 is 0 Å². The fourth-order valence-electron chi connectivity index (χ4n) is 2.41. The number of hydrogen-bond donors (Lipinski definition) is 2. The van der Waals surface area contributed by atoms with E-state index in [0.717, 1.165) is 16.8 Å². The molecule has 5 nitrogen and oxygen atoms in total. The van der Waals surface area contributed by atoms with Gasteiger partial charge in [0, 0.05) is 30.1 Å². The van der Waals surface area contributed by atoms with Crippen LogP contribution in [0.3, 0.4) is 0 Å². The first-order chi connectivity index (χ1) is 12.2. The molecular formula is C20H16N4O. The second kappa shape index (κ2) is 7.28. The minimum atomic E-state index is -0.120. The molecule has 0 aliphatic rings. The highest BCUT2D eigenvalue weighted by Crippen LogP contribution is 2.25. The van der Waals surface area contributed by atoms with Crippen molar-refractivity contribution in [1.29, 1.82) is 5.26 Å². The van der Waals surface area contributed by atoms with E-state index in [1.807, 2.05) is 48.5 Å². The van der Waals surface area contributed by atoms with E-state index >= 15 is 0 Å². The van der Waals surface area contributed by atoms with Gasteiger partial charge in [0.25, 0.3) is 0 Å². The summed E-state index contributed by atoms with van der Waals surface area (Å²) >= 11 is 0. The summed E-state index contributed by atoms with van der Waals surface area (Å²) in [5, 5.41) is 15.3. The summed E-state index contributed by atoms with van der Waals surface area (Å²) in [4.78, 5) is 15.4. The highest BCUT2D eigenvalue weighted by atomic mass is 16.1. The minimum Gasteiger partial charge on any atom is -0.339 e. The van der Waals surface area contributed by atoms with Crippen LogP contribution in [0.15, 0.2) is 66.9 Å². The van der Waals surface area contributed by atoms with Crippen molar-refractivity contribution in [2.75, 3.05) is 10.6 Å². The third-order valence-electron chi connectivity index (χ3n) is 3.58. The maximum Gasteiger partial charge on any atom is 0.221 e. The minimum absolute atomic E-state index is 0.120. The Morgan fingerprint density at radius 2 is 1.68 bits per heavy atom. The number of hydrogen-bond acceptors (Lipinski definition) is 4. The zero-order valence-electron chi connectivity index (χ0n) is 13.7. The summed E-state index contributed by atoms with van der Waals surface area (Å²) < 4.78 is 0. The summed E-state index contributed by atoms with van der Waals surface area (Å²) in [7, 11) is 0. The summed E-state index contributed by atoms with van der Waals surface area (Å²) in [5.74, 6) is 0.375. The molecule has 0 atom stereocenters. The topological polar surface area (TPSA) is 77.8 Å². The van der Waals surface area contributed by atoms with Crippen LogP contribution in [0, 0.1) is 11.3 Å². The highest BCUT2D eigenvalue weighted by Gasteiger charge is 2.07. The van der Waals surface area contributed by atoms with E-state index in [0.29, 0.717) is 17.1 Å². The Balaban J connectivity index is 1.83. The molecule has 0 saturated carbocycles. The number of anilines is 3. The van der Waals surface area contributed by atoms with Crippen molar-refractivity contribution < 1.29 is 4.79 Å². The predicted molar refractivity (Wildman–Crippen MR) is 98.4 cm³/mol. The summed E-state index contributed by atoms with van der Waals surface area (Å²) in [5.41, 5.74) is 3.87. The SMILES string of the molecule is CC(=O)Nc1ccc(Nc2ncc(-c3ccccc3)cc2C#N)cc1. The van der Waals surface area contributed by atoms with Crippen molar-refractivity contribution in [3.05, 3.63) is 72.4 Å². The predicted octanol–water partition coefficient (Wildman–Crippen LogP) is 4.32. The number of benzene rings is 2. The van der Waals surface area contributed by atoms with E-state index in [1.54, 1.807) is 18.3 Å². The van der Waals surface area contributed by atoms with Gasteiger partial charge in [-0.05, 0) is 35.9 Å². The van der Waals surface area contributed by atoms with E-state index in [-0.39, 0.29) is 5.91 Å². The molecule has 0 radical (unpaired) electrons. The van der Waals surface area contributed by atoms with E-state index in [4.69, 9.17) is 0 Å². The quantitative estimate of drug-likeness (QED) is 0.747. The summed E-state index contributed by atoms with van der Waals surface area (Å²) in [6, 6.07) is 21.0. The van der Waals surface area contributed by atoms with Crippen LogP contribution in [0.4, 0.5) is 17.2 Å². The lowest BCUT2D eigenvalue weighted by Gasteiger charge is -2.10. The molecule has 0 aliphatic heterocycles. The van der Waals surface area contributed by atoms with Gasteiger partial charge in [0.05, 0.1) is 5.56 Å². The third kappa shape index (κ3) is 4.01. The lowest BCUT2D eigenvalue weighted by atomic mass is 10.1. The van der Waals surface area contributed by atoms with E-state index < -0.39 is 0 Å². The number of aromatic nitrogens is 1. The molecule has 1 amide bonds. The van der Waals surface area contributed by atoms with Crippen LogP contribution in [0.1, 0.15) is 12.5 Å². The van der Waals surface area contributed by atoms with Gasteiger partial charge in [-0.15, -0.1) is 0 Å². The zero-order chi connectivity index (χ0) is 17.6. The molecule has 1 aromatic heterocycles. The average molecular weight is 328 g/mol. The molecule has 3 rings (SSSR count). The van der Waals surface area contributed by atoms with Gasteiger partial charge in [-0.1, -0.05) is 30.3 Å². The van der Waals surface area contributed by atoms with Crippen LogP contribution in [-0.2, 0) is 4.79 Å². The van der Waals surface area contributed by atoms with Gasteiger partial charge in [-0.25, -0.2) is 4.98 Å². The number of nitrogens with zero attached hydrogens (tertiary/aromatic N) is 2. The molecule has 3 aromatic rings. The smallest absolute Gasteiger partial charge is 0.221 e. The van der Waals surface area contributed by atoms with Crippen LogP contribution in [0.2, 0.25) is 0 Å². The van der Waals surface area contributed by atoms with Gasteiger partial charge < -0.3 is 10.6 Å². The van der Waals surface area contributed by atoms with Crippen molar-refractivity contribution in [3.63, 3.8) is 0 Å². The monoisotopic (exact) mass is 328 g/mol. The molecule has 0 fully saturated rings. The summed E-state index contributed by atoms with van der Waals surface area (Å²) in [6.45, 7) is 1.46. The molecule has 0 saturated heterocycles. The second-order valence-electron chi connectivity index (χ2n) is 5.48. The Kier molecular flexibility index (Phi) is 4.72. The van der Waals surface area contributed by atoms with Crippen molar-refractivity contribution in [2.45, 2.75) is 6.92 Å². The third-order valence-corrected chi connectivity index (χ3v) is 3.58. The molecule has 1 heterocycles. The first-order valence-corrected chi connectivity index (χ1v) is 7.76. The van der Waals surface area contributed by atoms with Gasteiger partial charge in [0.15, 0.2) is 0 Å². The van der Waals surface area contributed by atoms with E-state index in [1.165, 1.54) is 6.92 Å². The van der Waals surface area contributed by atoms with Crippen LogP contribution in [0.25, 0.3) is 11.1 Å². The zero-order valence-corrected chi connectivity index (χ0v) is 13.7. The second-order valence-corrected chi connectivity index (χ2v) is 5.48. The molecule has 0 unspecified atom stereocenters. The number of rotatable bonds is 4. The van der Waals surface area contributed by atoms with Gasteiger partial charge >= 0.3 is 0 Å². The van der Waals surface area contributed by atoms with Gasteiger partial charge in [-0.2, -0.15) is 5.26 Å². The van der Waals surface area contributed by atoms with Crippen molar-refractivity contribution in [1.82, 2.24) is 4.98 Å². The summed E-state index contributed by atoms with van der Waals surface area (Å²) in [6.07, 6.45) is 1.74. The van der Waals surface area contributed by atoms with E-state index in [9.17, 15) is 10.1 Å². The largest absolute Gasteiger partial charge is 0.339 e. The number of pyridine rings is 1. The number of nitrogens with one attached hydrogen (secondary N) is 2. The Morgan fingerprint density at radius 1 is 1.00 bits per heavy atom. The highest BCUT2D eigenvalue weighted by molar-refractivity contribution is 5.88. The fraction of sp³-hybridized carbons (Fsp3) is 0.0500. The molecule has 5 heteroatoms. The van der Waals surface area contributed by atoms with Crippen LogP contribution in [-0.4, -0.2) is 10.9 Å². The van der Waals surface area contributed by atoms with Gasteiger partial charge in [-0.3, -0.25) is 4.79 Å². The molecule has 0 spiro atoms. The normalized spacial score (nSPS) is 9.92. The van der Waals surface area contributed by atoms with E-state index in [2.05, 4.69) is 21.7 Å². The number of amides is 1. The molecule has 122 valence electrons. The molecule has 0 aliphatic carbocycles. The average Bonchev–Trinajstić information content (AvgIpc) is 2.64. The fourth-order valence-corrected chi connectivity index (χ4v) is 2.41. The first-order valence-electron chi connectivity index (χ1n) is 7.76. The lowest BCUT2D eigenvalue weighted by molar-refractivity contribution is -0.114. The lowest BCUT2D eigenvalue weighted by Crippen LogP contribution is -2.05. The maximum absolute atomic E-state index is 11.0. The Labute approximate surface area is 146 Å². The molecule has 2 N–H and O–H groups in total. The van der Waals surface area contributed by atoms with Crippen molar-refractivity contribution in [2.24, 2.45) is 0 Å². The van der Waals surface area contributed by atoms with Crippen molar-refractivity contribution in [3.8, 4) is 17.2 Å². The Bertz CT molecular complexity index is 928. The Morgan fingerprint density at radius 3 is 2.32 bits per heavy atom.